The second kappa shape index (κ2) is 6.97. The number of nitrogens with one attached hydrogen (secondary N) is 1. The van der Waals surface area contributed by atoms with Crippen molar-refractivity contribution in [3.05, 3.63) is 82.9 Å². The van der Waals surface area contributed by atoms with E-state index in [1.54, 1.807) is 6.20 Å². The number of halogens is 3. The monoisotopic (exact) mass is 424 g/mol. The molecule has 9 heteroatoms. The van der Waals surface area contributed by atoms with Crippen molar-refractivity contribution in [1.29, 1.82) is 0 Å². The lowest BCUT2D eigenvalue weighted by atomic mass is 10.0. The molecule has 4 heterocycles. The van der Waals surface area contributed by atoms with Gasteiger partial charge in [-0.15, -0.1) is 0 Å². The molecule has 1 N–H and O–H groups in total. The van der Waals surface area contributed by atoms with Crippen LogP contribution in [-0.2, 0) is 12.7 Å². The lowest BCUT2D eigenvalue weighted by Gasteiger charge is -2.21. The molecule has 0 unspecified atom stereocenters. The molecule has 0 saturated carbocycles. The Morgan fingerprint density at radius 1 is 1.06 bits per heavy atom. The zero-order chi connectivity index (χ0) is 21.8. The van der Waals surface area contributed by atoms with Crippen LogP contribution < -0.4 is 5.32 Å². The van der Waals surface area contributed by atoms with Crippen molar-refractivity contribution in [1.82, 2.24) is 29.7 Å². The van der Waals surface area contributed by atoms with E-state index in [2.05, 4.69) is 21.4 Å². The summed E-state index contributed by atoms with van der Waals surface area (Å²) >= 11 is 0. The predicted molar refractivity (Wildman–Crippen MR) is 111 cm³/mol. The number of alkyl halides is 3. The van der Waals surface area contributed by atoms with Gasteiger partial charge in [0.05, 0.1) is 29.7 Å². The maximum Gasteiger partial charge on any atom is 0.416 e. The van der Waals surface area contributed by atoms with Gasteiger partial charge in [0.15, 0.2) is 11.3 Å². The Kier molecular flexibility index (Phi) is 4.35. The first-order chi connectivity index (χ1) is 14.8. The largest absolute Gasteiger partial charge is 0.416 e. The zero-order valence-corrected chi connectivity index (χ0v) is 16.9. The van der Waals surface area contributed by atoms with Crippen LogP contribution in [0.2, 0.25) is 0 Å². The summed E-state index contributed by atoms with van der Waals surface area (Å²) in [6.45, 7) is 2.95. The number of benzene rings is 1. The molecule has 0 aliphatic carbocycles. The fourth-order valence-corrected chi connectivity index (χ4v) is 3.86. The second-order valence-electron chi connectivity index (χ2n) is 7.59. The molecule has 158 valence electrons. The summed E-state index contributed by atoms with van der Waals surface area (Å²) in [6, 6.07) is 5.15. The summed E-state index contributed by atoms with van der Waals surface area (Å²) in [5.41, 5.74) is 4.96. The predicted octanol–water partition coefficient (Wildman–Crippen LogP) is 3.86. The number of imidazole rings is 1. The highest BCUT2D eigenvalue weighted by Gasteiger charge is 2.30. The maximum absolute atomic E-state index is 12.9. The molecule has 0 radical (unpaired) electrons. The van der Waals surface area contributed by atoms with Gasteiger partial charge in [-0.1, -0.05) is 18.2 Å². The Labute approximate surface area is 176 Å². The number of fused-ring (bicyclic) bond motifs is 2. The third-order valence-electron chi connectivity index (χ3n) is 5.39. The first-order valence-electron chi connectivity index (χ1n) is 9.76. The Bertz CT molecular complexity index is 1260. The Balaban J connectivity index is 1.52. The van der Waals surface area contributed by atoms with Crippen LogP contribution in [0.1, 0.15) is 22.6 Å². The molecule has 2 aromatic heterocycles. The highest BCUT2D eigenvalue weighted by molar-refractivity contribution is 5.85. The lowest BCUT2D eigenvalue weighted by Crippen LogP contribution is -2.17. The normalized spacial score (nSPS) is 16.0. The number of aromatic nitrogens is 4. The molecule has 0 amide bonds. The molecular formula is C22H19F3N6. The Hall–Kier alpha value is -3.62. The highest BCUT2D eigenvalue weighted by atomic mass is 19.4. The molecule has 31 heavy (non-hydrogen) atoms. The molecule has 3 aromatic rings. The summed E-state index contributed by atoms with van der Waals surface area (Å²) in [6.07, 6.45) is 3.49. The van der Waals surface area contributed by atoms with Crippen molar-refractivity contribution in [3.8, 4) is 0 Å². The minimum atomic E-state index is -4.35. The van der Waals surface area contributed by atoms with Crippen molar-refractivity contribution < 1.29 is 13.2 Å². The summed E-state index contributed by atoms with van der Waals surface area (Å²) in [7, 11) is 1.95. The average molecular weight is 424 g/mol. The van der Waals surface area contributed by atoms with Crippen LogP contribution in [0.4, 0.5) is 13.2 Å². The molecule has 2 aliphatic rings. The van der Waals surface area contributed by atoms with Crippen molar-refractivity contribution in [2.24, 2.45) is 0 Å². The summed E-state index contributed by atoms with van der Waals surface area (Å²) < 4.78 is 40.4. The third kappa shape index (κ3) is 3.45. The van der Waals surface area contributed by atoms with Crippen LogP contribution in [0.25, 0.3) is 16.9 Å². The number of hydrogen-bond acceptors (Lipinski definition) is 5. The fraction of sp³-hybridized carbons (Fsp3) is 0.227. The van der Waals surface area contributed by atoms with Crippen LogP contribution in [0.5, 0.6) is 0 Å². The van der Waals surface area contributed by atoms with Crippen LogP contribution in [0.15, 0.2) is 60.2 Å². The van der Waals surface area contributed by atoms with E-state index in [4.69, 9.17) is 4.98 Å². The van der Waals surface area contributed by atoms with E-state index in [0.717, 1.165) is 41.1 Å². The Morgan fingerprint density at radius 3 is 2.58 bits per heavy atom. The van der Waals surface area contributed by atoms with E-state index in [1.807, 2.05) is 35.8 Å². The molecule has 0 bridgehead atoms. The van der Waals surface area contributed by atoms with E-state index in [0.29, 0.717) is 29.4 Å². The van der Waals surface area contributed by atoms with Crippen molar-refractivity contribution >= 4 is 16.9 Å². The van der Waals surface area contributed by atoms with Gasteiger partial charge in [-0.2, -0.15) is 13.2 Å². The molecule has 5 rings (SSSR count). The molecule has 0 spiro atoms. The molecule has 0 saturated heterocycles. The minimum absolute atomic E-state index is 0.354. The van der Waals surface area contributed by atoms with Gasteiger partial charge in [0, 0.05) is 37.1 Å². The zero-order valence-electron chi connectivity index (χ0n) is 16.9. The fourth-order valence-electron chi connectivity index (χ4n) is 3.86. The third-order valence-corrected chi connectivity index (χ3v) is 5.39. The second-order valence-corrected chi connectivity index (χ2v) is 7.59. The number of allylic oxidation sites excluding steroid dienone is 1. The summed E-state index contributed by atoms with van der Waals surface area (Å²) in [5, 5.41) is 3.33. The van der Waals surface area contributed by atoms with Gasteiger partial charge < -0.3 is 14.8 Å². The van der Waals surface area contributed by atoms with E-state index >= 15 is 0 Å². The minimum Gasteiger partial charge on any atom is -0.380 e. The smallest absolute Gasteiger partial charge is 0.380 e. The topological polar surface area (TPSA) is 58.9 Å². The van der Waals surface area contributed by atoms with Crippen molar-refractivity contribution in [3.63, 3.8) is 0 Å². The molecule has 6 nitrogen and oxygen atoms in total. The van der Waals surface area contributed by atoms with Crippen LogP contribution in [0.3, 0.4) is 0 Å². The molecule has 0 fully saturated rings. The quantitative estimate of drug-likeness (QED) is 0.692. The molecule has 1 aromatic carbocycles. The van der Waals surface area contributed by atoms with Gasteiger partial charge in [-0.3, -0.25) is 0 Å². The molecular weight excluding hydrogens is 405 g/mol. The van der Waals surface area contributed by atoms with Crippen molar-refractivity contribution in [2.45, 2.75) is 19.6 Å². The van der Waals surface area contributed by atoms with Gasteiger partial charge >= 0.3 is 6.18 Å². The van der Waals surface area contributed by atoms with E-state index in [1.165, 1.54) is 12.1 Å². The molecule has 0 atom stereocenters. The number of aryl methyl sites for hydroxylation is 1. The van der Waals surface area contributed by atoms with Crippen LogP contribution in [0, 0.1) is 6.92 Å². The van der Waals surface area contributed by atoms with E-state index < -0.39 is 11.7 Å². The van der Waals surface area contributed by atoms with Gasteiger partial charge in [-0.05, 0) is 24.6 Å². The lowest BCUT2D eigenvalue weighted by molar-refractivity contribution is -0.137. The molecule has 2 aliphatic heterocycles. The average Bonchev–Trinajstić information content (AvgIpc) is 3.31. The van der Waals surface area contributed by atoms with Crippen LogP contribution >= 0.6 is 0 Å². The van der Waals surface area contributed by atoms with Crippen LogP contribution in [-0.4, -0.2) is 38.0 Å². The van der Waals surface area contributed by atoms with Gasteiger partial charge in [0.1, 0.15) is 5.82 Å². The first-order valence-corrected chi connectivity index (χ1v) is 9.76. The number of nitrogens with zero attached hydrogens (tertiary/aromatic N) is 5. The number of rotatable bonds is 3. The van der Waals surface area contributed by atoms with Gasteiger partial charge in [0.25, 0.3) is 0 Å². The summed E-state index contributed by atoms with van der Waals surface area (Å²) in [5.74, 6) is 0.698. The van der Waals surface area contributed by atoms with Gasteiger partial charge in [-0.25, -0.2) is 15.0 Å². The van der Waals surface area contributed by atoms with E-state index in [9.17, 15) is 13.2 Å². The maximum atomic E-state index is 12.9. The van der Waals surface area contributed by atoms with Crippen molar-refractivity contribution in [2.75, 3.05) is 13.6 Å². The van der Waals surface area contributed by atoms with Gasteiger partial charge in [0.2, 0.25) is 0 Å². The highest BCUT2D eigenvalue weighted by Crippen LogP contribution is 2.33. The SMILES string of the molecule is Cc1nc2ncc(C3=CN(C)C=C4NCC=C43)nc2n1Cc1ccc(C(F)(F)F)cc1. The van der Waals surface area contributed by atoms with E-state index in [-0.39, 0.29) is 0 Å². The number of hydrogen-bond donors (Lipinski definition) is 1. The standard InChI is InChI=1S/C22H19F3N6/c1-13-28-20-21(31(13)10-14-3-5-15(6-4-14)22(23,24)25)29-18(9-27-20)17-11-30(2)12-19-16(17)7-8-26-19/h3-7,9,11-12,26H,8,10H2,1-2H3. The Morgan fingerprint density at radius 2 is 1.84 bits per heavy atom. The first kappa shape index (κ1) is 19.3. The summed E-state index contributed by atoms with van der Waals surface area (Å²) in [4.78, 5) is 15.8.